The molecule has 0 rings (SSSR count). The number of hydrogen-bond acceptors (Lipinski definition) is 7. The Morgan fingerprint density at radius 2 is 1.58 bits per heavy atom. The second-order valence-electron chi connectivity index (χ2n) is 5.90. The van der Waals surface area contributed by atoms with E-state index < -0.39 is 47.9 Å². The van der Waals surface area contributed by atoms with Crippen LogP contribution in [0.1, 0.15) is 33.1 Å². The van der Waals surface area contributed by atoms with Crippen LogP contribution in [0.2, 0.25) is 0 Å². The molecular formula is C15H29N5O6. The minimum absolute atomic E-state index is 0.210. The molecule has 0 aliphatic carbocycles. The zero-order valence-corrected chi connectivity index (χ0v) is 15.0. The normalized spacial score (nSPS) is 15.3. The number of aliphatic hydroxyl groups excluding tert-OH is 1. The van der Waals surface area contributed by atoms with Gasteiger partial charge in [-0.1, -0.05) is 0 Å². The lowest BCUT2D eigenvalue weighted by Crippen LogP contribution is -2.58. The SMILES string of the molecule is CC(NC(=O)C(NC(=O)CN)C(C)O)C(=O)NC(CCCCN)C(=O)O. The number of carbonyl (C=O) groups excluding carboxylic acids is 3. The van der Waals surface area contributed by atoms with E-state index in [0.29, 0.717) is 19.4 Å². The summed E-state index contributed by atoms with van der Waals surface area (Å²) in [6.45, 7) is 2.71. The summed E-state index contributed by atoms with van der Waals surface area (Å²) in [6, 6.07) is -3.46. The smallest absolute Gasteiger partial charge is 0.326 e. The fraction of sp³-hybridized carbons (Fsp3) is 0.733. The third kappa shape index (κ3) is 8.74. The van der Waals surface area contributed by atoms with Crippen LogP contribution in [-0.4, -0.2) is 71.2 Å². The van der Waals surface area contributed by atoms with Crippen LogP contribution in [0.25, 0.3) is 0 Å². The van der Waals surface area contributed by atoms with Gasteiger partial charge < -0.3 is 37.6 Å². The second kappa shape index (κ2) is 12.2. The Balaban J connectivity index is 4.76. The quantitative estimate of drug-likeness (QED) is 0.175. The van der Waals surface area contributed by atoms with Gasteiger partial charge in [-0.3, -0.25) is 14.4 Å². The number of aliphatic hydroxyl groups is 1. The molecule has 0 aliphatic rings. The van der Waals surface area contributed by atoms with Crippen molar-refractivity contribution in [1.29, 1.82) is 0 Å². The van der Waals surface area contributed by atoms with Gasteiger partial charge >= 0.3 is 5.97 Å². The Bertz CT molecular complexity index is 499. The van der Waals surface area contributed by atoms with Crippen molar-refractivity contribution >= 4 is 23.7 Å². The van der Waals surface area contributed by atoms with E-state index in [4.69, 9.17) is 16.6 Å². The molecule has 11 nitrogen and oxygen atoms in total. The highest BCUT2D eigenvalue weighted by molar-refractivity contribution is 5.93. The first-order chi connectivity index (χ1) is 12.1. The molecule has 11 heteroatoms. The van der Waals surface area contributed by atoms with Gasteiger partial charge in [-0.05, 0) is 39.7 Å². The van der Waals surface area contributed by atoms with E-state index in [1.807, 2.05) is 0 Å². The summed E-state index contributed by atoms with van der Waals surface area (Å²) in [6.07, 6.45) is 0.151. The summed E-state index contributed by atoms with van der Waals surface area (Å²) >= 11 is 0. The topological polar surface area (TPSA) is 197 Å². The highest BCUT2D eigenvalue weighted by atomic mass is 16.4. The number of rotatable bonds is 12. The van der Waals surface area contributed by atoms with Gasteiger partial charge in [0.15, 0.2) is 0 Å². The van der Waals surface area contributed by atoms with Crippen LogP contribution in [0.3, 0.4) is 0 Å². The first-order valence-electron chi connectivity index (χ1n) is 8.35. The maximum atomic E-state index is 12.1. The van der Waals surface area contributed by atoms with Crippen LogP contribution in [0.5, 0.6) is 0 Å². The van der Waals surface area contributed by atoms with Gasteiger partial charge in [0.05, 0.1) is 12.6 Å². The lowest BCUT2D eigenvalue weighted by Gasteiger charge is -2.23. The number of amides is 3. The predicted octanol–water partition coefficient (Wildman–Crippen LogP) is -2.99. The molecule has 0 spiro atoms. The van der Waals surface area contributed by atoms with Crippen molar-refractivity contribution in [3.8, 4) is 0 Å². The summed E-state index contributed by atoms with van der Waals surface area (Å²) < 4.78 is 0. The lowest BCUT2D eigenvalue weighted by atomic mass is 10.1. The van der Waals surface area contributed by atoms with E-state index in [9.17, 15) is 24.3 Å². The van der Waals surface area contributed by atoms with E-state index in [2.05, 4.69) is 16.0 Å². The number of nitrogens with two attached hydrogens (primary N) is 2. The molecule has 0 aliphatic heterocycles. The van der Waals surface area contributed by atoms with Crippen LogP contribution in [0.15, 0.2) is 0 Å². The van der Waals surface area contributed by atoms with Gasteiger partial charge in [-0.15, -0.1) is 0 Å². The van der Waals surface area contributed by atoms with E-state index in [1.54, 1.807) is 0 Å². The Hall–Kier alpha value is -2.24. The van der Waals surface area contributed by atoms with Gasteiger partial charge in [0.25, 0.3) is 0 Å². The van der Waals surface area contributed by atoms with Crippen molar-refractivity contribution in [3.05, 3.63) is 0 Å². The van der Waals surface area contributed by atoms with Crippen molar-refractivity contribution in [3.63, 3.8) is 0 Å². The number of hydrogen-bond donors (Lipinski definition) is 7. The Kier molecular flexibility index (Phi) is 11.1. The molecule has 0 aromatic carbocycles. The van der Waals surface area contributed by atoms with Crippen molar-refractivity contribution in [1.82, 2.24) is 16.0 Å². The van der Waals surface area contributed by atoms with Gasteiger partial charge in [0, 0.05) is 0 Å². The average molecular weight is 375 g/mol. The molecule has 0 aromatic rings. The van der Waals surface area contributed by atoms with Crippen molar-refractivity contribution in [2.24, 2.45) is 11.5 Å². The number of unbranched alkanes of at least 4 members (excludes halogenated alkanes) is 1. The molecule has 0 aromatic heterocycles. The van der Waals surface area contributed by atoms with E-state index in [1.165, 1.54) is 13.8 Å². The van der Waals surface area contributed by atoms with E-state index in [-0.39, 0.29) is 13.0 Å². The standard InChI is InChI=1S/C15H29N5O6/c1-8(13(23)19-10(15(25)26)5-3-4-6-16)18-14(24)12(9(2)21)20-11(22)7-17/h8-10,12,21H,3-7,16-17H2,1-2H3,(H,18,24)(H,19,23)(H,20,22)(H,25,26). The minimum atomic E-state index is -1.29. The molecule has 9 N–H and O–H groups in total. The number of nitrogens with one attached hydrogen (secondary N) is 3. The van der Waals surface area contributed by atoms with Crippen LogP contribution < -0.4 is 27.4 Å². The van der Waals surface area contributed by atoms with Crippen LogP contribution in [0, 0.1) is 0 Å². The highest BCUT2D eigenvalue weighted by Gasteiger charge is 2.29. The summed E-state index contributed by atoms with van der Waals surface area (Å²) in [7, 11) is 0. The van der Waals surface area contributed by atoms with Crippen molar-refractivity contribution in [2.75, 3.05) is 13.1 Å². The Labute approximate surface area is 151 Å². The number of aliphatic carboxylic acids is 1. The summed E-state index contributed by atoms with van der Waals surface area (Å²) in [4.78, 5) is 46.8. The molecule has 0 saturated carbocycles. The van der Waals surface area contributed by atoms with E-state index >= 15 is 0 Å². The molecular weight excluding hydrogens is 346 g/mol. The monoisotopic (exact) mass is 375 g/mol. The third-order valence-corrected chi connectivity index (χ3v) is 3.58. The summed E-state index contributed by atoms with van der Waals surface area (Å²) in [5.74, 6) is -3.33. The van der Waals surface area contributed by atoms with E-state index in [0.717, 1.165) is 0 Å². The number of carbonyl (C=O) groups is 4. The molecule has 4 unspecified atom stereocenters. The molecule has 0 saturated heterocycles. The molecule has 0 fully saturated rings. The molecule has 150 valence electrons. The molecule has 0 bridgehead atoms. The number of carboxylic acid groups (broad SMARTS) is 1. The highest BCUT2D eigenvalue weighted by Crippen LogP contribution is 2.02. The van der Waals surface area contributed by atoms with Crippen LogP contribution in [0.4, 0.5) is 0 Å². The van der Waals surface area contributed by atoms with Gasteiger partial charge in [-0.25, -0.2) is 4.79 Å². The fourth-order valence-electron chi connectivity index (χ4n) is 2.05. The lowest BCUT2D eigenvalue weighted by molar-refractivity contribution is -0.142. The maximum absolute atomic E-state index is 12.1. The third-order valence-electron chi connectivity index (χ3n) is 3.58. The Morgan fingerprint density at radius 1 is 0.962 bits per heavy atom. The summed E-state index contributed by atoms with van der Waals surface area (Å²) in [5.41, 5.74) is 10.5. The average Bonchev–Trinajstić information content (AvgIpc) is 2.57. The minimum Gasteiger partial charge on any atom is -0.480 e. The number of carboxylic acids is 1. The molecule has 4 atom stereocenters. The van der Waals surface area contributed by atoms with Crippen LogP contribution in [-0.2, 0) is 19.2 Å². The molecule has 0 heterocycles. The largest absolute Gasteiger partial charge is 0.480 e. The fourth-order valence-corrected chi connectivity index (χ4v) is 2.05. The zero-order valence-electron chi connectivity index (χ0n) is 15.0. The maximum Gasteiger partial charge on any atom is 0.326 e. The molecule has 3 amide bonds. The first-order valence-corrected chi connectivity index (χ1v) is 8.35. The molecule has 0 radical (unpaired) electrons. The van der Waals surface area contributed by atoms with Gasteiger partial charge in [-0.2, -0.15) is 0 Å². The summed E-state index contributed by atoms with van der Waals surface area (Å²) in [5, 5.41) is 25.7. The molecule has 26 heavy (non-hydrogen) atoms. The van der Waals surface area contributed by atoms with Gasteiger partial charge in [0.1, 0.15) is 18.1 Å². The van der Waals surface area contributed by atoms with Crippen molar-refractivity contribution < 1.29 is 29.4 Å². The van der Waals surface area contributed by atoms with Gasteiger partial charge in [0.2, 0.25) is 17.7 Å². The Morgan fingerprint density at radius 3 is 2.04 bits per heavy atom. The van der Waals surface area contributed by atoms with Crippen LogP contribution >= 0.6 is 0 Å². The first kappa shape index (κ1) is 23.8. The second-order valence-corrected chi connectivity index (χ2v) is 5.90. The predicted molar refractivity (Wildman–Crippen MR) is 92.7 cm³/mol. The zero-order chi connectivity index (χ0) is 20.3. The van der Waals surface area contributed by atoms with Crippen molar-refractivity contribution in [2.45, 2.75) is 57.3 Å².